The third-order valence-electron chi connectivity index (χ3n) is 5.24. The summed E-state index contributed by atoms with van der Waals surface area (Å²) in [6, 6.07) is 23.3. The van der Waals surface area contributed by atoms with Crippen LogP contribution in [0, 0.1) is 0 Å². The fraction of sp³-hybridized carbons (Fsp3) is 0.208. The van der Waals surface area contributed by atoms with Crippen molar-refractivity contribution in [3.8, 4) is 5.75 Å². The molecule has 1 aliphatic rings. The van der Waals surface area contributed by atoms with Gasteiger partial charge in [-0.2, -0.15) is 0 Å². The number of halogens is 1. The first-order valence-corrected chi connectivity index (χ1v) is 9.82. The van der Waals surface area contributed by atoms with Crippen LogP contribution in [-0.2, 0) is 6.42 Å². The van der Waals surface area contributed by atoms with E-state index in [4.69, 9.17) is 16.3 Å². The van der Waals surface area contributed by atoms with Crippen LogP contribution in [0.3, 0.4) is 0 Å². The van der Waals surface area contributed by atoms with Gasteiger partial charge in [-0.1, -0.05) is 60.1 Å². The average molecular weight is 392 g/mol. The number of ether oxygens (including phenoxy) is 1. The van der Waals surface area contributed by atoms with Gasteiger partial charge < -0.3 is 9.64 Å². The van der Waals surface area contributed by atoms with E-state index in [1.807, 2.05) is 36.4 Å². The van der Waals surface area contributed by atoms with Crippen molar-refractivity contribution in [3.05, 3.63) is 100 Å². The number of hydrogen-bond acceptors (Lipinski definition) is 3. The predicted octanol–water partition coefficient (Wildman–Crippen LogP) is 5.18. The van der Waals surface area contributed by atoms with Crippen molar-refractivity contribution in [1.29, 1.82) is 0 Å². The SMILES string of the molecule is CN1CCc2cc(Cl)c(OC(=O)c3ccccc3)cc2[C@H](c2ccccc2)C1. The van der Waals surface area contributed by atoms with E-state index in [0.717, 1.165) is 19.5 Å². The molecule has 0 unspecified atom stereocenters. The summed E-state index contributed by atoms with van der Waals surface area (Å²) in [7, 11) is 2.14. The lowest BCUT2D eigenvalue weighted by atomic mass is 9.88. The average Bonchev–Trinajstić information content (AvgIpc) is 2.88. The van der Waals surface area contributed by atoms with Gasteiger partial charge in [-0.25, -0.2) is 4.79 Å². The highest BCUT2D eigenvalue weighted by Gasteiger charge is 2.25. The van der Waals surface area contributed by atoms with Crippen molar-refractivity contribution in [1.82, 2.24) is 4.90 Å². The van der Waals surface area contributed by atoms with Gasteiger partial charge in [0.15, 0.2) is 0 Å². The summed E-state index contributed by atoms with van der Waals surface area (Å²) < 4.78 is 5.66. The molecule has 0 aromatic heterocycles. The molecule has 1 atom stereocenters. The fourth-order valence-corrected chi connectivity index (χ4v) is 3.97. The molecule has 0 saturated heterocycles. The Morgan fingerprint density at radius 3 is 2.43 bits per heavy atom. The highest BCUT2D eigenvalue weighted by Crippen LogP contribution is 2.37. The molecule has 0 saturated carbocycles. The standard InChI is InChI=1S/C24H22ClNO2/c1-26-13-12-19-14-22(25)23(28-24(27)18-10-6-3-7-11-18)15-20(19)21(16-26)17-8-4-2-5-9-17/h2-11,14-15,21H,12-13,16H2,1H3/t21-/m0/s1. The smallest absolute Gasteiger partial charge is 0.343 e. The first-order valence-electron chi connectivity index (χ1n) is 9.45. The van der Waals surface area contributed by atoms with E-state index in [1.54, 1.807) is 12.1 Å². The number of esters is 1. The van der Waals surface area contributed by atoms with Gasteiger partial charge >= 0.3 is 5.97 Å². The highest BCUT2D eigenvalue weighted by atomic mass is 35.5. The Morgan fingerprint density at radius 1 is 1.04 bits per heavy atom. The topological polar surface area (TPSA) is 29.5 Å². The third kappa shape index (κ3) is 3.96. The Morgan fingerprint density at radius 2 is 1.71 bits per heavy atom. The molecule has 4 rings (SSSR count). The number of carbonyl (C=O) groups excluding carboxylic acids is 1. The molecule has 0 aliphatic carbocycles. The first kappa shape index (κ1) is 18.7. The molecule has 28 heavy (non-hydrogen) atoms. The molecule has 0 bridgehead atoms. The molecule has 0 spiro atoms. The molecule has 1 aliphatic heterocycles. The van der Waals surface area contributed by atoms with Crippen LogP contribution < -0.4 is 4.74 Å². The van der Waals surface area contributed by atoms with Crippen molar-refractivity contribution in [2.45, 2.75) is 12.3 Å². The van der Waals surface area contributed by atoms with E-state index < -0.39 is 5.97 Å². The predicted molar refractivity (Wildman–Crippen MR) is 112 cm³/mol. The van der Waals surface area contributed by atoms with Gasteiger partial charge in [-0.15, -0.1) is 0 Å². The van der Waals surface area contributed by atoms with Crippen LogP contribution in [0.2, 0.25) is 5.02 Å². The summed E-state index contributed by atoms with van der Waals surface area (Å²) in [6.45, 7) is 1.88. The normalized spacial score (nSPS) is 16.9. The Hall–Kier alpha value is -2.62. The summed E-state index contributed by atoms with van der Waals surface area (Å²) >= 11 is 6.49. The summed E-state index contributed by atoms with van der Waals surface area (Å²) in [6.07, 6.45) is 0.918. The Labute approximate surface area is 170 Å². The molecule has 3 aromatic carbocycles. The van der Waals surface area contributed by atoms with Gasteiger partial charge in [0, 0.05) is 19.0 Å². The number of fused-ring (bicyclic) bond motifs is 1. The highest BCUT2D eigenvalue weighted by molar-refractivity contribution is 6.32. The van der Waals surface area contributed by atoms with Crippen LogP contribution >= 0.6 is 11.6 Å². The molecule has 0 fully saturated rings. The Kier molecular flexibility index (Phi) is 5.47. The van der Waals surface area contributed by atoms with Gasteiger partial charge in [0.25, 0.3) is 0 Å². The maximum atomic E-state index is 12.5. The molecule has 1 heterocycles. The fourth-order valence-electron chi connectivity index (χ4n) is 3.75. The van der Waals surface area contributed by atoms with Gasteiger partial charge in [0.2, 0.25) is 0 Å². The Bertz CT molecular complexity index is 973. The van der Waals surface area contributed by atoms with Gasteiger partial charge in [-0.3, -0.25) is 0 Å². The second kappa shape index (κ2) is 8.17. The lowest BCUT2D eigenvalue weighted by Crippen LogP contribution is -2.24. The second-order valence-corrected chi connectivity index (χ2v) is 7.62. The van der Waals surface area contributed by atoms with E-state index in [9.17, 15) is 4.79 Å². The van der Waals surface area contributed by atoms with E-state index in [0.29, 0.717) is 16.3 Å². The Balaban J connectivity index is 1.72. The van der Waals surface area contributed by atoms with Crippen LogP contribution in [0.4, 0.5) is 0 Å². The largest absolute Gasteiger partial charge is 0.421 e. The number of carbonyl (C=O) groups is 1. The minimum atomic E-state index is -0.399. The summed E-state index contributed by atoms with van der Waals surface area (Å²) in [5.41, 5.74) is 4.14. The quantitative estimate of drug-likeness (QED) is 0.455. The zero-order valence-electron chi connectivity index (χ0n) is 15.8. The van der Waals surface area contributed by atoms with E-state index in [2.05, 4.69) is 36.2 Å². The zero-order chi connectivity index (χ0) is 19.5. The zero-order valence-corrected chi connectivity index (χ0v) is 16.5. The number of benzene rings is 3. The molecule has 3 nitrogen and oxygen atoms in total. The van der Waals surface area contributed by atoms with Crippen molar-refractivity contribution in [2.24, 2.45) is 0 Å². The maximum Gasteiger partial charge on any atom is 0.343 e. The molecular formula is C24H22ClNO2. The van der Waals surface area contributed by atoms with Crippen LogP contribution in [0.15, 0.2) is 72.8 Å². The lowest BCUT2D eigenvalue weighted by Gasteiger charge is -2.22. The molecule has 0 N–H and O–H groups in total. The monoisotopic (exact) mass is 391 g/mol. The van der Waals surface area contributed by atoms with E-state index in [-0.39, 0.29) is 5.92 Å². The van der Waals surface area contributed by atoms with Crippen LogP contribution in [0.25, 0.3) is 0 Å². The minimum Gasteiger partial charge on any atom is -0.421 e. The maximum absolute atomic E-state index is 12.5. The van der Waals surface area contributed by atoms with Crippen LogP contribution in [0.1, 0.15) is 33.0 Å². The van der Waals surface area contributed by atoms with Gasteiger partial charge in [0.05, 0.1) is 10.6 Å². The van der Waals surface area contributed by atoms with Crippen molar-refractivity contribution in [3.63, 3.8) is 0 Å². The van der Waals surface area contributed by atoms with Crippen LogP contribution in [-0.4, -0.2) is 31.0 Å². The summed E-state index contributed by atoms with van der Waals surface area (Å²) in [4.78, 5) is 14.9. The molecule has 142 valence electrons. The molecule has 4 heteroatoms. The van der Waals surface area contributed by atoms with E-state index >= 15 is 0 Å². The molecule has 0 radical (unpaired) electrons. The summed E-state index contributed by atoms with van der Waals surface area (Å²) in [5, 5.41) is 0.472. The third-order valence-corrected chi connectivity index (χ3v) is 5.54. The first-order chi connectivity index (χ1) is 13.6. The van der Waals surface area contributed by atoms with Crippen molar-refractivity contribution < 1.29 is 9.53 Å². The second-order valence-electron chi connectivity index (χ2n) is 7.21. The minimum absolute atomic E-state index is 0.204. The number of hydrogen-bond donors (Lipinski definition) is 0. The van der Waals surface area contributed by atoms with E-state index in [1.165, 1.54) is 16.7 Å². The number of rotatable bonds is 3. The molecule has 3 aromatic rings. The van der Waals surface area contributed by atoms with Gasteiger partial charge in [0.1, 0.15) is 5.75 Å². The molecular weight excluding hydrogens is 370 g/mol. The lowest BCUT2D eigenvalue weighted by molar-refractivity contribution is 0.0734. The van der Waals surface area contributed by atoms with Crippen molar-refractivity contribution >= 4 is 17.6 Å². The summed E-state index contributed by atoms with van der Waals surface area (Å²) in [5.74, 6) is 0.222. The number of nitrogens with zero attached hydrogens (tertiary/aromatic N) is 1. The number of likely N-dealkylation sites (N-methyl/N-ethyl adjacent to an activating group) is 1. The van der Waals surface area contributed by atoms with Gasteiger partial charge in [-0.05, 0) is 54.4 Å². The van der Waals surface area contributed by atoms with Crippen molar-refractivity contribution in [2.75, 3.05) is 20.1 Å². The molecule has 0 amide bonds. The van der Waals surface area contributed by atoms with Crippen LogP contribution in [0.5, 0.6) is 5.75 Å².